The SMILES string of the molecule is COc1cccc(Oc2ccc(C)cc2CN)c1. The highest BCUT2D eigenvalue weighted by Gasteiger charge is 2.04. The Balaban J connectivity index is 2.27. The van der Waals surface area contributed by atoms with Crippen LogP contribution in [0.1, 0.15) is 11.1 Å². The maximum Gasteiger partial charge on any atom is 0.131 e. The van der Waals surface area contributed by atoms with E-state index in [-0.39, 0.29) is 0 Å². The maximum absolute atomic E-state index is 5.84. The third-order valence-electron chi connectivity index (χ3n) is 2.70. The minimum Gasteiger partial charge on any atom is -0.497 e. The first-order valence-electron chi connectivity index (χ1n) is 5.84. The second-order valence-electron chi connectivity index (χ2n) is 4.10. The molecule has 2 aromatic carbocycles. The molecule has 0 aliphatic heterocycles. The van der Waals surface area contributed by atoms with Crippen molar-refractivity contribution in [3.63, 3.8) is 0 Å². The number of methoxy groups -OCH3 is 1. The highest BCUT2D eigenvalue weighted by atomic mass is 16.5. The zero-order valence-corrected chi connectivity index (χ0v) is 10.6. The third kappa shape index (κ3) is 2.81. The van der Waals surface area contributed by atoms with Gasteiger partial charge in [-0.3, -0.25) is 0 Å². The molecular formula is C15H17NO2. The first-order chi connectivity index (χ1) is 8.72. The van der Waals surface area contributed by atoms with Gasteiger partial charge in [0.25, 0.3) is 0 Å². The molecule has 2 aromatic rings. The van der Waals surface area contributed by atoms with Crippen molar-refractivity contribution in [2.75, 3.05) is 7.11 Å². The molecule has 0 unspecified atom stereocenters. The molecule has 0 saturated heterocycles. The summed E-state index contributed by atoms with van der Waals surface area (Å²) in [7, 11) is 1.64. The lowest BCUT2D eigenvalue weighted by atomic mass is 10.1. The van der Waals surface area contributed by atoms with Crippen molar-refractivity contribution in [2.24, 2.45) is 5.73 Å². The summed E-state index contributed by atoms with van der Waals surface area (Å²) in [6, 6.07) is 13.5. The van der Waals surface area contributed by atoms with Crippen molar-refractivity contribution in [1.82, 2.24) is 0 Å². The Morgan fingerprint density at radius 1 is 1.06 bits per heavy atom. The molecule has 94 valence electrons. The van der Waals surface area contributed by atoms with Gasteiger partial charge < -0.3 is 15.2 Å². The van der Waals surface area contributed by atoms with E-state index < -0.39 is 0 Å². The standard InChI is InChI=1S/C15H17NO2/c1-11-6-7-15(12(8-11)10-16)18-14-5-3-4-13(9-14)17-2/h3-9H,10,16H2,1-2H3. The average molecular weight is 243 g/mol. The summed E-state index contributed by atoms with van der Waals surface area (Å²) in [6.07, 6.45) is 0. The van der Waals surface area contributed by atoms with Crippen LogP contribution in [0.2, 0.25) is 0 Å². The van der Waals surface area contributed by atoms with Gasteiger partial charge in [0.15, 0.2) is 0 Å². The normalized spacial score (nSPS) is 10.2. The number of rotatable bonds is 4. The van der Waals surface area contributed by atoms with E-state index >= 15 is 0 Å². The molecule has 0 heterocycles. The lowest BCUT2D eigenvalue weighted by Crippen LogP contribution is -2.00. The quantitative estimate of drug-likeness (QED) is 0.896. The van der Waals surface area contributed by atoms with Gasteiger partial charge in [0, 0.05) is 18.2 Å². The minimum atomic E-state index is 0.459. The Hall–Kier alpha value is -2.00. The molecule has 18 heavy (non-hydrogen) atoms. The molecule has 2 rings (SSSR count). The zero-order valence-electron chi connectivity index (χ0n) is 10.6. The maximum atomic E-state index is 5.84. The van der Waals surface area contributed by atoms with Crippen molar-refractivity contribution in [1.29, 1.82) is 0 Å². The summed E-state index contributed by atoms with van der Waals surface area (Å²) >= 11 is 0. The first kappa shape index (κ1) is 12.5. The molecule has 0 spiro atoms. The fourth-order valence-corrected chi connectivity index (χ4v) is 1.76. The molecule has 0 aliphatic carbocycles. The number of hydrogen-bond donors (Lipinski definition) is 1. The summed E-state index contributed by atoms with van der Waals surface area (Å²) in [6.45, 7) is 2.50. The van der Waals surface area contributed by atoms with Crippen LogP contribution in [-0.2, 0) is 6.54 Å². The van der Waals surface area contributed by atoms with Crippen LogP contribution >= 0.6 is 0 Å². The Kier molecular flexibility index (Phi) is 3.85. The molecule has 0 aliphatic rings. The van der Waals surface area contributed by atoms with E-state index in [1.54, 1.807) is 7.11 Å². The molecule has 0 amide bonds. The monoisotopic (exact) mass is 243 g/mol. The van der Waals surface area contributed by atoms with Crippen molar-refractivity contribution < 1.29 is 9.47 Å². The lowest BCUT2D eigenvalue weighted by Gasteiger charge is -2.11. The summed E-state index contributed by atoms with van der Waals surface area (Å²) in [5.74, 6) is 2.30. The van der Waals surface area contributed by atoms with Gasteiger partial charge in [-0.05, 0) is 25.1 Å². The molecule has 2 N–H and O–H groups in total. The largest absolute Gasteiger partial charge is 0.497 e. The lowest BCUT2D eigenvalue weighted by molar-refractivity contribution is 0.408. The summed E-state index contributed by atoms with van der Waals surface area (Å²) < 4.78 is 11.0. The Morgan fingerprint density at radius 3 is 2.56 bits per heavy atom. The Labute approximate surface area is 107 Å². The van der Waals surface area contributed by atoms with Crippen molar-refractivity contribution in [2.45, 2.75) is 13.5 Å². The van der Waals surface area contributed by atoms with Crippen LogP contribution in [-0.4, -0.2) is 7.11 Å². The number of nitrogens with two attached hydrogens (primary N) is 1. The Morgan fingerprint density at radius 2 is 1.83 bits per heavy atom. The zero-order chi connectivity index (χ0) is 13.0. The van der Waals surface area contributed by atoms with Crippen LogP contribution in [0, 0.1) is 6.92 Å². The Bertz CT molecular complexity index is 538. The molecular weight excluding hydrogens is 226 g/mol. The van der Waals surface area contributed by atoms with Gasteiger partial charge in [-0.15, -0.1) is 0 Å². The second kappa shape index (κ2) is 5.56. The molecule has 0 atom stereocenters. The smallest absolute Gasteiger partial charge is 0.131 e. The number of benzene rings is 2. The summed E-state index contributed by atoms with van der Waals surface area (Å²) in [5.41, 5.74) is 7.90. The van der Waals surface area contributed by atoms with E-state index in [4.69, 9.17) is 15.2 Å². The van der Waals surface area contributed by atoms with Crippen molar-refractivity contribution >= 4 is 0 Å². The number of ether oxygens (including phenoxy) is 2. The predicted octanol–water partition coefficient (Wildman–Crippen LogP) is 3.25. The topological polar surface area (TPSA) is 44.5 Å². The van der Waals surface area contributed by atoms with Gasteiger partial charge in [0.1, 0.15) is 17.2 Å². The van der Waals surface area contributed by atoms with Crippen LogP contribution in [0.4, 0.5) is 0 Å². The van der Waals surface area contributed by atoms with E-state index in [2.05, 4.69) is 0 Å². The number of aryl methyl sites for hydroxylation is 1. The van der Waals surface area contributed by atoms with Gasteiger partial charge in [-0.2, -0.15) is 0 Å². The molecule has 0 saturated carbocycles. The molecule has 0 fully saturated rings. The molecule has 3 heteroatoms. The molecule has 0 bridgehead atoms. The van der Waals surface area contributed by atoms with Crippen LogP contribution in [0.15, 0.2) is 42.5 Å². The summed E-state index contributed by atoms with van der Waals surface area (Å²) in [4.78, 5) is 0. The van der Waals surface area contributed by atoms with Crippen molar-refractivity contribution in [3.05, 3.63) is 53.6 Å². The fourth-order valence-electron chi connectivity index (χ4n) is 1.76. The van der Waals surface area contributed by atoms with Gasteiger partial charge >= 0.3 is 0 Å². The summed E-state index contributed by atoms with van der Waals surface area (Å²) in [5, 5.41) is 0. The van der Waals surface area contributed by atoms with Gasteiger partial charge in [-0.1, -0.05) is 23.8 Å². The first-order valence-corrected chi connectivity index (χ1v) is 5.84. The van der Waals surface area contributed by atoms with Crippen LogP contribution in [0.25, 0.3) is 0 Å². The fraction of sp³-hybridized carbons (Fsp3) is 0.200. The van der Waals surface area contributed by atoms with Gasteiger partial charge in [0.05, 0.1) is 7.11 Å². The molecule has 0 aromatic heterocycles. The van der Waals surface area contributed by atoms with Gasteiger partial charge in [-0.25, -0.2) is 0 Å². The highest BCUT2D eigenvalue weighted by molar-refractivity contribution is 5.42. The van der Waals surface area contributed by atoms with E-state index in [1.165, 1.54) is 5.56 Å². The molecule has 3 nitrogen and oxygen atoms in total. The highest BCUT2D eigenvalue weighted by Crippen LogP contribution is 2.28. The third-order valence-corrected chi connectivity index (χ3v) is 2.70. The van der Waals surface area contributed by atoms with Crippen molar-refractivity contribution in [3.8, 4) is 17.2 Å². The predicted molar refractivity (Wildman–Crippen MR) is 72.1 cm³/mol. The van der Waals surface area contributed by atoms with Crippen LogP contribution < -0.4 is 15.2 Å². The molecule has 0 radical (unpaired) electrons. The second-order valence-corrected chi connectivity index (χ2v) is 4.10. The van der Waals surface area contributed by atoms with E-state index in [0.717, 1.165) is 22.8 Å². The average Bonchev–Trinajstić information content (AvgIpc) is 2.41. The van der Waals surface area contributed by atoms with Crippen LogP contribution in [0.5, 0.6) is 17.2 Å². The van der Waals surface area contributed by atoms with E-state index in [1.807, 2.05) is 49.4 Å². The number of hydrogen-bond acceptors (Lipinski definition) is 3. The van der Waals surface area contributed by atoms with E-state index in [9.17, 15) is 0 Å². The minimum absolute atomic E-state index is 0.459. The van der Waals surface area contributed by atoms with Crippen LogP contribution in [0.3, 0.4) is 0 Å². The van der Waals surface area contributed by atoms with Gasteiger partial charge in [0.2, 0.25) is 0 Å². The van der Waals surface area contributed by atoms with E-state index in [0.29, 0.717) is 6.54 Å².